The minimum absolute atomic E-state index is 0.337. The van der Waals surface area contributed by atoms with E-state index in [9.17, 15) is 19.2 Å². The van der Waals surface area contributed by atoms with E-state index in [0.29, 0.717) is 47.0 Å². The average Bonchev–Trinajstić information content (AvgIpc) is 3.18. The lowest BCUT2D eigenvalue weighted by Crippen LogP contribution is -2.09. The van der Waals surface area contributed by atoms with Crippen molar-refractivity contribution in [3.8, 4) is 11.5 Å². The first kappa shape index (κ1) is 41.3. The van der Waals surface area contributed by atoms with Crippen LogP contribution < -0.4 is 9.47 Å². The van der Waals surface area contributed by atoms with E-state index in [-0.39, 0.29) is 0 Å². The fraction of sp³-hybridized carbons (Fsp3) is 0.348. The molecule has 0 amide bonds. The Labute approximate surface area is 319 Å². The van der Waals surface area contributed by atoms with Gasteiger partial charge < -0.3 is 18.9 Å². The Morgan fingerprint density at radius 3 is 1.31 bits per heavy atom. The molecule has 0 unspecified atom stereocenters. The van der Waals surface area contributed by atoms with Crippen LogP contribution in [-0.2, 0) is 19.1 Å². The second-order valence-corrected chi connectivity index (χ2v) is 13.2. The Morgan fingerprint density at radius 1 is 0.481 bits per heavy atom. The first-order valence-corrected chi connectivity index (χ1v) is 19.2. The van der Waals surface area contributed by atoms with Crippen LogP contribution in [-0.4, -0.2) is 37.1 Å². The maximum atomic E-state index is 13.0. The summed E-state index contributed by atoms with van der Waals surface area (Å²) in [5, 5.41) is 1.49. The molecule has 4 rings (SSSR count). The molecule has 0 bridgehead atoms. The second kappa shape index (κ2) is 23.2. The lowest BCUT2D eigenvalue weighted by molar-refractivity contribution is -0.138. The summed E-state index contributed by atoms with van der Waals surface area (Å²) < 4.78 is 21.8. The highest BCUT2D eigenvalue weighted by atomic mass is 16.5. The van der Waals surface area contributed by atoms with Crippen LogP contribution in [0.25, 0.3) is 22.9 Å². The molecule has 0 fully saturated rings. The predicted molar refractivity (Wildman–Crippen MR) is 213 cm³/mol. The lowest BCUT2D eigenvalue weighted by Gasteiger charge is -2.08. The number of benzene rings is 4. The van der Waals surface area contributed by atoms with Gasteiger partial charge in [-0.15, -0.1) is 0 Å². The highest BCUT2D eigenvalue weighted by molar-refractivity contribution is 6.00. The molecule has 8 nitrogen and oxygen atoms in total. The zero-order valence-corrected chi connectivity index (χ0v) is 31.6. The summed E-state index contributed by atoms with van der Waals surface area (Å²) in [6.45, 7) is 5.16. The Kier molecular flexibility index (Phi) is 17.7. The first-order valence-electron chi connectivity index (χ1n) is 19.2. The number of hydrogen-bond acceptors (Lipinski definition) is 8. The van der Waals surface area contributed by atoms with Gasteiger partial charge in [0, 0.05) is 12.2 Å². The number of carbonyl (C=O) groups is 4. The van der Waals surface area contributed by atoms with E-state index in [0.717, 1.165) is 49.3 Å². The maximum absolute atomic E-state index is 13.0. The van der Waals surface area contributed by atoms with E-state index in [2.05, 4.69) is 13.8 Å². The molecule has 0 aromatic heterocycles. The molecule has 0 atom stereocenters. The molecule has 0 aliphatic carbocycles. The molecule has 0 saturated heterocycles. The van der Waals surface area contributed by atoms with E-state index in [1.54, 1.807) is 97.1 Å². The number of esters is 4. The highest BCUT2D eigenvalue weighted by Crippen LogP contribution is 2.23. The summed E-state index contributed by atoms with van der Waals surface area (Å²) in [6.07, 6.45) is 19.4. The van der Waals surface area contributed by atoms with Crippen molar-refractivity contribution < 1.29 is 38.1 Å². The van der Waals surface area contributed by atoms with Crippen molar-refractivity contribution >= 4 is 46.8 Å². The largest absolute Gasteiger partial charge is 0.463 e. The first-order chi connectivity index (χ1) is 26.3. The van der Waals surface area contributed by atoms with E-state index >= 15 is 0 Å². The van der Waals surface area contributed by atoms with Crippen LogP contribution in [0.3, 0.4) is 0 Å². The maximum Gasteiger partial charge on any atom is 0.343 e. The van der Waals surface area contributed by atoms with Gasteiger partial charge in [0.25, 0.3) is 0 Å². The third kappa shape index (κ3) is 14.9. The van der Waals surface area contributed by atoms with Crippen LogP contribution in [0.2, 0.25) is 0 Å². The summed E-state index contributed by atoms with van der Waals surface area (Å²) in [4.78, 5) is 50.3. The third-order valence-corrected chi connectivity index (χ3v) is 8.76. The van der Waals surface area contributed by atoms with E-state index in [1.807, 2.05) is 0 Å². The fourth-order valence-corrected chi connectivity index (χ4v) is 5.73. The number of fused-ring (bicyclic) bond motifs is 1. The van der Waals surface area contributed by atoms with Gasteiger partial charge in [0.1, 0.15) is 11.5 Å². The minimum Gasteiger partial charge on any atom is -0.463 e. The topological polar surface area (TPSA) is 105 Å². The van der Waals surface area contributed by atoms with Gasteiger partial charge in [0.2, 0.25) is 0 Å². The second-order valence-electron chi connectivity index (χ2n) is 13.2. The molecule has 54 heavy (non-hydrogen) atoms. The van der Waals surface area contributed by atoms with Crippen molar-refractivity contribution in [2.75, 3.05) is 13.2 Å². The van der Waals surface area contributed by atoms with Crippen molar-refractivity contribution in [3.63, 3.8) is 0 Å². The zero-order chi connectivity index (χ0) is 38.4. The number of unbranched alkanes of at least 4 members (excludes halogenated alkanes) is 10. The number of carbonyl (C=O) groups excluding carboxylic acids is 4. The lowest BCUT2D eigenvalue weighted by atomic mass is 10.0. The molecular weight excluding hydrogens is 680 g/mol. The van der Waals surface area contributed by atoms with Crippen LogP contribution in [0, 0.1) is 0 Å². The number of rotatable bonds is 22. The SMILES string of the molecule is CCCCCCCCOC(=O)/C=C/c1cccc(OC(=O)c2ccc3cc(C(=O)Oc4cccc(/C=C/C(=O)OCCCCCCCC)c4)ccc3c2)c1. The van der Waals surface area contributed by atoms with Crippen LogP contribution in [0.15, 0.2) is 97.1 Å². The standard InChI is InChI=1S/C46H52O8/c1-3-5-7-9-11-13-29-51-43(47)27-21-35-17-15-19-41(31-35)53-45(49)39-25-23-38-34-40(26-24-37(38)33-39)46(50)54-42-20-16-18-36(32-42)22-28-44(48)52-30-14-12-10-8-6-4-2/h15-28,31-34H,3-14,29-30H2,1-2H3/b27-21+,28-22+. The molecule has 0 aliphatic rings. The quantitative estimate of drug-likeness (QED) is 0.0340. The molecule has 284 valence electrons. The van der Waals surface area contributed by atoms with E-state index < -0.39 is 23.9 Å². The van der Waals surface area contributed by atoms with Gasteiger partial charge in [-0.1, -0.05) is 114 Å². The molecule has 0 heterocycles. The summed E-state index contributed by atoms with van der Waals surface area (Å²) in [5.74, 6) is -1.23. The van der Waals surface area contributed by atoms with Crippen LogP contribution in [0.4, 0.5) is 0 Å². The molecule has 0 spiro atoms. The van der Waals surface area contributed by atoms with Crippen LogP contribution >= 0.6 is 0 Å². The van der Waals surface area contributed by atoms with Crippen molar-refractivity contribution in [2.45, 2.75) is 90.9 Å². The predicted octanol–water partition coefficient (Wildman–Crippen LogP) is 11.1. The molecule has 4 aromatic rings. The Hall–Kier alpha value is -5.50. The Balaban J connectivity index is 1.26. The minimum atomic E-state index is -0.542. The molecular formula is C46H52O8. The number of hydrogen-bond donors (Lipinski definition) is 0. The summed E-state index contributed by atoms with van der Waals surface area (Å²) >= 11 is 0. The van der Waals surface area contributed by atoms with Crippen LogP contribution in [0.5, 0.6) is 11.5 Å². The van der Waals surface area contributed by atoms with Crippen molar-refractivity contribution in [2.24, 2.45) is 0 Å². The highest BCUT2D eigenvalue weighted by Gasteiger charge is 2.13. The number of ether oxygens (including phenoxy) is 4. The summed E-state index contributed by atoms with van der Waals surface area (Å²) in [5.41, 5.74) is 2.06. The normalized spacial score (nSPS) is 11.2. The van der Waals surface area contributed by atoms with Crippen molar-refractivity contribution in [3.05, 3.63) is 119 Å². The fourth-order valence-electron chi connectivity index (χ4n) is 5.73. The third-order valence-electron chi connectivity index (χ3n) is 8.76. The Bertz CT molecular complexity index is 1750. The van der Waals surface area contributed by atoms with Crippen LogP contribution in [0.1, 0.15) is 123 Å². The van der Waals surface area contributed by atoms with Gasteiger partial charge in [-0.3, -0.25) is 0 Å². The molecule has 8 heteroatoms. The molecule has 0 saturated carbocycles. The zero-order valence-electron chi connectivity index (χ0n) is 31.6. The molecule has 4 aromatic carbocycles. The summed E-state index contributed by atoms with van der Waals surface area (Å²) in [7, 11) is 0. The molecule has 0 radical (unpaired) electrons. The van der Waals surface area contributed by atoms with Gasteiger partial charge in [-0.05, 0) is 95.4 Å². The summed E-state index contributed by atoms with van der Waals surface area (Å²) in [6, 6.07) is 23.9. The van der Waals surface area contributed by atoms with Gasteiger partial charge >= 0.3 is 23.9 Å². The average molecular weight is 733 g/mol. The van der Waals surface area contributed by atoms with Gasteiger partial charge in [0.05, 0.1) is 24.3 Å². The van der Waals surface area contributed by atoms with Gasteiger partial charge in [-0.2, -0.15) is 0 Å². The van der Waals surface area contributed by atoms with E-state index in [1.165, 1.54) is 50.7 Å². The van der Waals surface area contributed by atoms with Gasteiger partial charge in [-0.25, -0.2) is 19.2 Å². The molecule has 0 N–H and O–H groups in total. The monoisotopic (exact) mass is 732 g/mol. The van der Waals surface area contributed by atoms with Gasteiger partial charge in [0.15, 0.2) is 0 Å². The van der Waals surface area contributed by atoms with Crippen molar-refractivity contribution in [1.82, 2.24) is 0 Å². The van der Waals surface area contributed by atoms with Crippen molar-refractivity contribution in [1.29, 1.82) is 0 Å². The molecule has 0 aliphatic heterocycles. The van der Waals surface area contributed by atoms with E-state index in [4.69, 9.17) is 18.9 Å². The smallest absolute Gasteiger partial charge is 0.343 e. The Morgan fingerprint density at radius 2 is 0.889 bits per heavy atom.